The van der Waals surface area contributed by atoms with Crippen LogP contribution in [0.2, 0.25) is 0 Å². The Morgan fingerprint density at radius 3 is 2.38 bits per heavy atom. The highest BCUT2D eigenvalue weighted by molar-refractivity contribution is 7.93. The average Bonchev–Trinajstić information content (AvgIpc) is 1.67. The van der Waals surface area contributed by atoms with Crippen LogP contribution in [0.25, 0.3) is 0 Å². The van der Waals surface area contributed by atoms with Gasteiger partial charge in [-0.1, -0.05) is 6.92 Å². The summed E-state index contributed by atoms with van der Waals surface area (Å²) in [6.45, 7) is 3.86. The van der Waals surface area contributed by atoms with Gasteiger partial charge in [0.15, 0.2) is 0 Å². The van der Waals surface area contributed by atoms with Crippen molar-refractivity contribution in [3.05, 3.63) is 0 Å². The van der Waals surface area contributed by atoms with Crippen LogP contribution in [0, 0.1) is 0 Å². The zero-order chi connectivity index (χ0) is 6.62. The van der Waals surface area contributed by atoms with Crippen LogP contribution in [0.15, 0.2) is 0 Å². The van der Waals surface area contributed by atoms with Crippen LogP contribution >= 0.6 is 12.0 Å². The Hall–Kier alpha value is 0.270. The summed E-state index contributed by atoms with van der Waals surface area (Å²) in [5.74, 6) is 0. The fraction of sp³-hybridized carbons (Fsp3) is 1.00. The molecule has 8 heavy (non-hydrogen) atoms. The molecular formula is C5H13NOS. The molecule has 0 amide bonds. The minimum absolute atomic E-state index is 0.445. The normalized spacial score (nSPS) is 18.0. The van der Waals surface area contributed by atoms with Crippen molar-refractivity contribution in [3.63, 3.8) is 0 Å². The van der Waals surface area contributed by atoms with E-state index in [4.69, 9.17) is 9.92 Å². The van der Waals surface area contributed by atoms with Crippen LogP contribution in [-0.2, 0) is 4.18 Å². The molecule has 1 atom stereocenters. The minimum Gasteiger partial charge on any atom is -0.303 e. The fourth-order valence-corrected chi connectivity index (χ4v) is 0.748. The molecule has 0 fully saturated rings. The lowest BCUT2D eigenvalue weighted by Gasteiger charge is -2.20. The molecular weight excluding hydrogens is 122 g/mol. The monoisotopic (exact) mass is 135 g/mol. The van der Waals surface area contributed by atoms with Crippen LogP contribution in [-0.4, -0.2) is 12.0 Å². The first-order valence-electron chi connectivity index (χ1n) is 2.63. The van der Waals surface area contributed by atoms with Gasteiger partial charge in [-0.15, -0.1) is 0 Å². The van der Waals surface area contributed by atoms with Gasteiger partial charge < -0.3 is 5.73 Å². The maximum absolute atomic E-state index is 5.58. The van der Waals surface area contributed by atoms with Gasteiger partial charge in [0.05, 0.1) is 0 Å². The fourth-order valence-electron chi connectivity index (χ4n) is 0.249. The predicted molar refractivity (Wildman–Crippen MR) is 37.5 cm³/mol. The topological polar surface area (TPSA) is 35.2 Å². The zero-order valence-electron chi connectivity index (χ0n) is 5.60. The highest BCUT2D eigenvalue weighted by Crippen LogP contribution is 2.12. The van der Waals surface area contributed by atoms with E-state index in [1.807, 2.05) is 20.1 Å². The molecule has 0 bridgehead atoms. The Morgan fingerprint density at radius 1 is 1.75 bits per heavy atom. The van der Waals surface area contributed by atoms with Crippen molar-refractivity contribution in [2.24, 2.45) is 5.73 Å². The van der Waals surface area contributed by atoms with E-state index in [1.165, 1.54) is 12.0 Å². The number of hydrogen-bond acceptors (Lipinski definition) is 3. The Labute approximate surface area is 55.0 Å². The zero-order valence-corrected chi connectivity index (χ0v) is 6.42. The first kappa shape index (κ1) is 8.27. The Bertz CT molecular complexity index is 65.4. The van der Waals surface area contributed by atoms with E-state index >= 15 is 0 Å². The van der Waals surface area contributed by atoms with Crippen molar-refractivity contribution in [1.82, 2.24) is 0 Å². The van der Waals surface area contributed by atoms with Gasteiger partial charge in [0.2, 0.25) is 0 Å². The van der Waals surface area contributed by atoms with Gasteiger partial charge in [-0.3, -0.25) is 4.18 Å². The van der Waals surface area contributed by atoms with Crippen LogP contribution < -0.4 is 5.73 Å². The van der Waals surface area contributed by atoms with E-state index in [0.29, 0.717) is 0 Å². The molecule has 2 N–H and O–H groups in total. The first-order chi connectivity index (χ1) is 3.62. The van der Waals surface area contributed by atoms with Gasteiger partial charge in [0, 0.05) is 6.26 Å². The molecule has 0 saturated carbocycles. The summed E-state index contributed by atoms with van der Waals surface area (Å²) in [7, 11) is 0. The summed E-state index contributed by atoms with van der Waals surface area (Å²) in [5, 5.41) is 0. The summed E-state index contributed by atoms with van der Waals surface area (Å²) in [6.07, 6.45) is 2.70. The second kappa shape index (κ2) is 3.33. The van der Waals surface area contributed by atoms with E-state index in [-0.39, 0.29) is 0 Å². The van der Waals surface area contributed by atoms with Crippen molar-refractivity contribution >= 4 is 12.0 Å². The molecule has 0 spiro atoms. The molecule has 0 rings (SSSR count). The predicted octanol–water partition coefficient (Wildman–Crippen LogP) is 1.37. The molecule has 0 aromatic rings. The number of hydrogen-bond donors (Lipinski definition) is 1. The van der Waals surface area contributed by atoms with Crippen molar-refractivity contribution in [2.45, 2.75) is 26.0 Å². The molecule has 0 aliphatic rings. The Balaban J connectivity index is 3.37. The van der Waals surface area contributed by atoms with Gasteiger partial charge in [0.1, 0.15) is 5.72 Å². The van der Waals surface area contributed by atoms with Gasteiger partial charge in [0.25, 0.3) is 0 Å². The smallest absolute Gasteiger partial charge is 0.127 e. The summed E-state index contributed by atoms with van der Waals surface area (Å²) in [4.78, 5) is 0. The molecule has 50 valence electrons. The first-order valence-corrected chi connectivity index (χ1v) is 3.78. The third-order valence-electron chi connectivity index (χ3n) is 0.976. The highest BCUT2D eigenvalue weighted by atomic mass is 32.2. The quantitative estimate of drug-likeness (QED) is 0.469. The van der Waals surface area contributed by atoms with Crippen LogP contribution in [0.3, 0.4) is 0 Å². The molecule has 2 nitrogen and oxygen atoms in total. The Kier molecular flexibility index (Phi) is 3.44. The van der Waals surface area contributed by atoms with E-state index in [0.717, 1.165) is 6.42 Å². The lowest BCUT2D eigenvalue weighted by Crippen LogP contribution is -2.36. The van der Waals surface area contributed by atoms with Crippen molar-refractivity contribution in [3.8, 4) is 0 Å². The number of nitrogens with two attached hydrogens (primary N) is 1. The SMILES string of the molecule is CCC(C)(N)OSC. The van der Waals surface area contributed by atoms with E-state index in [1.54, 1.807) is 0 Å². The van der Waals surface area contributed by atoms with Gasteiger partial charge in [-0.2, -0.15) is 0 Å². The maximum Gasteiger partial charge on any atom is 0.127 e. The molecule has 0 aromatic heterocycles. The molecule has 0 aromatic carbocycles. The summed E-state index contributed by atoms with van der Waals surface area (Å²) >= 11 is 1.31. The van der Waals surface area contributed by atoms with E-state index < -0.39 is 5.72 Å². The van der Waals surface area contributed by atoms with Crippen LogP contribution in [0.5, 0.6) is 0 Å². The lowest BCUT2D eigenvalue weighted by molar-refractivity contribution is 0.122. The van der Waals surface area contributed by atoms with E-state index in [9.17, 15) is 0 Å². The summed E-state index contributed by atoms with van der Waals surface area (Å²) in [5.41, 5.74) is 5.14. The van der Waals surface area contributed by atoms with Gasteiger partial charge in [-0.25, -0.2) is 0 Å². The van der Waals surface area contributed by atoms with Crippen molar-refractivity contribution < 1.29 is 4.18 Å². The second-order valence-corrected chi connectivity index (χ2v) is 2.42. The second-order valence-electron chi connectivity index (χ2n) is 1.92. The summed E-state index contributed by atoms with van der Waals surface area (Å²) < 4.78 is 5.07. The molecule has 0 saturated heterocycles. The van der Waals surface area contributed by atoms with Crippen LogP contribution in [0.1, 0.15) is 20.3 Å². The van der Waals surface area contributed by atoms with Gasteiger partial charge >= 0.3 is 0 Å². The van der Waals surface area contributed by atoms with E-state index in [2.05, 4.69) is 0 Å². The van der Waals surface area contributed by atoms with Crippen LogP contribution in [0.4, 0.5) is 0 Å². The van der Waals surface area contributed by atoms with Crippen molar-refractivity contribution in [1.29, 1.82) is 0 Å². The Morgan fingerprint density at radius 2 is 2.25 bits per heavy atom. The molecule has 1 unspecified atom stereocenters. The molecule has 0 aliphatic heterocycles. The van der Waals surface area contributed by atoms with Crippen molar-refractivity contribution in [2.75, 3.05) is 6.26 Å². The number of rotatable bonds is 3. The minimum atomic E-state index is -0.445. The molecule has 0 heterocycles. The summed E-state index contributed by atoms with van der Waals surface area (Å²) in [6, 6.07) is 0. The average molecular weight is 135 g/mol. The maximum atomic E-state index is 5.58. The highest BCUT2D eigenvalue weighted by Gasteiger charge is 2.14. The van der Waals surface area contributed by atoms with Gasteiger partial charge in [-0.05, 0) is 25.4 Å². The molecule has 0 aliphatic carbocycles. The molecule has 0 radical (unpaired) electrons. The third kappa shape index (κ3) is 3.29. The molecule has 3 heteroatoms. The largest absolute Gasteiger partial charge is 0.303 e. The lowest BCUT2D eigenvalue weighted by atomic mass is 10.2. The third-order valence-corrected chi connectivity index (χ3v) is 1.52. The standard InChI is InChI=1S/C5H13NOS/c1-4-5(2,6)7-8-3/h4,6H2,1-3H3.